The van der Waals surface area contributed by atoms with Crippen LogP contribution >= 0.6 is 11.3 Å². The molecule has 0 aliphatic carbocycles. The van der Waals surface area contributed by atoms with E-state index in [4.69, 9.17) is 0 Å². The highest BCUT2D eigenvalue weighted by atomic mass is 32.1. The molecule has 0 atom stereocenters. The maximum absolute atomic E-state index is 4.35. The van der Waals surface area contributed by atoms with Crippen LogP contribution in [0.2, 0.25) is 0 Å². The predicted molar refractivity (Wildman–Crippen MR) is 69.5 cm³/mol. The number of aryl methyl sites for hydroxylation is 1. The maximum Gasteiger partial charge on any atom is 0.205 e. The van der Waals surface area contributed by atoms with Gasteiger partial charge in [0.15, 0.2) is 0 Å². The minimum atomic E-state index is 0.700. The van der Waals surface area contributed by atoms with Gasteiger partial charge in [-0.2, -0.15) is 0 Å². The van der Waals surface area contributed by atoms with Gasteiger partial charge in [-0.15, -0.1) is 10.2 Å². The van der Waals surface area contributed by atoms with Crippen molar-refractivity contribution in [2.75, 3.05) is 24.3 Å². The third-order valence-corrected chi connectivity index (χ3v) is 3.20. The van der Waals surface area contributed by atoms with Crippen molar-refractivity contribution in [3.63, 3.8) is 0 Å². The van der Waals surface area contributed by atoms with Crippen LogP contribution in [0.15, 0.2) is 6.20 Å². The lowest BCUT2D eigenvalue weighted by Gasteiger charge is -2.12. The number of hydrogen-bond acceptors (Lipinski definition) is 6. The predicted octanol–water partition coefficient (Wildman–Crippen LogP) is 1.26. The van der Waals surface area contributed by atoms with E-state index in [1.165, 1.54) is 0 Å². The van der Waals surface area contributed by atoms with E-state index in [9.17, 15) is 0 Å². The topological polar surface area (TPSA) is 58.9 Å². The van der Waals surface area contributed by atoms with Crippen LogP contribution in [0.1, 0.15) is 10.7 Å². The fraction of sp³-hybridized carbons (Fsp3) is 0.500. The van der Waals surface area contributed by atoms with E-state index in [1.54, 1.807) is 11.3 Å². The molecule has 0 aromatic carbocycles. The number of aromatic nitrogens is 4. The summed E-state index contributed by atoms with van der Waals surface area (Å²) in [6.07, 6.45) is 1.87. The largest absolute Gasteiger partial charge is 0.354 e. The van der Waals surface area contributed by atoms with Gasteiger partial charge in [-0.05, 0) is 6.92 Å². The Labute approximate surface area is 104 Å². The zero-order valence-corrected chi connectivity index (χ0v) is 11.2. The molecule has 2 heterocycles. The second-order valence-corrected chi connectivity index (χ2v) is 5.16. The smallest absolute Gasteiger partial charge is 0.205 e. The van der Waals surface area contributed by atoms with Crippen LogP contribution in [-0.2, 0) is 13.6 Å². The number of hydrogen-bond donors (Lipinski definition) is 1. The molecule has 17 heavy (non-hydrogen) atoms. The molecule has 6 nitrogen and oxygen atoms in total. The first kappa shape index (κ1) is 11.8. The molecule has 0 spiro atoms. The average molecular weight is 252 g/mol. The quantitative estimate of drug-likeness (QED) is 0.887. The monoisotopic (exact) mass is 252 g/mol. The van der Waals surface area contributed by atoms with Crippen molar-refractivity contribution in [3.8, 4) is 0 Å². The van der Waals surface area contributed by atoms with Gasteiger partial charge in [-0.25, -0.2) is 4.98 Å². The van der Waals surface area contributed by atoms with Crippen molar-refractivity contribution >= 4 is 22.4 Å². The third-order valence-electron chi connectivity index (χ3n) is 2.41. The van der Waals surface area contributed by atoms with Crippen LogP contribution in [0, 0.1) is 6.92 Å². The summed E-state index contributed by atoms with van der Waals surface area (Å²) in [5, 5.41) is 13.0. The number of imidazole rings is 1. The van der Waals surface area contributed by atoms with Gasteiger partial charge in [0.2, 0.25) is 11.1 Å². The summed E-state index contributed by atoms with van der Waals surface area (Å²) < 4.78 is 2.06. The van der Waals surface area contributed by atoms with Crippen LogP contribution < -0.4 is 10.2 Å². The molecule has 0 saturated carbocycles. The highest BCUT2D eigenvalue weighted by Crippen LogP contribution is 2.16. The fourth-order valence-corrected chi connectivity index (χ4v) is 2.14. The van der Waals surface area contributed by atoms with Crippen molar-refractivity contribution in [1.82, 2.24) is 19.7 Å². The molecule has 92 valence electrons. The van der Waals surface area contributed by atoms with Gasteiger partial charge in [-0.1, -0.05) is 11.3 Å². The van der Waals surface area contributed by atoms with Gasteiger partial charge in [0.25, 0.3) is 0 Å². The van der Waals surface area contributed by atoms with E-state index in [2.05, 4.69) is 25.1 Å². The number of anilines is 2. The molecule has 0 radical (unpaired) electrons. The van der Waals surface area contributed by atoms with Crippen molar-refractivity contribution in [2.45, 2.75) is 13.5 Å². The minimum absolute atomic E-state index is 0.700. The maximum atomic E-state index is 4.35. The second-order valence-electron chi connectivity index (χ2n) is 3.98. The highest BCUT2D eigenvalue weighted by Gasteiger charge is 2.08. The molecule has 0 aliphatic heterocycles. The first-order valence-corrected chi connectivity index (χ1v) is 6.11. The molecule has 1 N–H and O–H groups in total. The van der Waals surface area contributed by atoms with Gasteiger partial charge >= 0.3 is 0 Å². The van der Waals surface area contributed by atoms with Gasteiger partial charge in [0.05, 0.1) is 18.4 Å². The molecule has 2 aromatic heterocycles. The van der Waals surface area contributed by atoms with E-state index in [0.29, 0.717) is 6.54 Å². The molecular weight excluding hydrogens is 236 g/mol. The van der Waals surface area contributed by atoms with Crippen LogP contribution in [0.25, 0.3) is 0 Å². The van der Waals surface area contributed by atoms with Crippen LogP contribution in [0.5, 0.6) is 0 Å². The lowest BCUT2D eigenvalue weighted by Crippen LogP contribution is -2.15. The molecule has 7 heteroatoms. The zero-order valence-electron chi connectivity index (χ0n) is 10.4. The van der Waals surface area contributed by atoms with Crippen LogP contribution in [0.4, 0.5) is 11.1 Å². The van der Waals surface area contributed by atoms with E-state index < -0.39 is 0 Å². The summed E-state index contributed by atoms with van der Waals surface area (Å²) in [6.45, 7) is 2.64. The van der Waals surface area contributed by atoms with Crippen molar-refractivity contribution in [1.29, 1.82) is 0 Å². The Morgan fingerprint density at radius 2 is 2.18 bits per heavy atom. The summed E-state index contributed by atoms with van der Waals surface area (Å²) in [5.74, 6) is 0.940. The summed E-state index contributed by atoms with van der Waals surface area (Å²) in [5.41, 5.74) is 1.11. The SMILES string of the molecule is Cc1nnc(NCc2cnc(N(C)C)n2C)s1. The van der Waals surface area contributed by atoms with Crippen molar-refractivity contribution in [2.24, 2.45) is 7.05 Å². The van der Waals surface area contributed by atoms with Gasteiger partial charge in [-0.3, -0.25) is 0 Å². The van der Waals surface area contributed by atoms with E-state index in [0.717, 1.165) is 21.8 Å². The first-order valence-electron chi connectivity index (χ1n) is 5.30. The Balaban J connectivity index is 2.04. The Morgan fingerprint density at radius 1 is 1.41 bits per heavy atom. The Hall–Kier alpha value is -1.63. The van der Waals surface area contributed by atoms with E-state index in [-0.39, 0.29) is 0 Å². The molecule has 0 unspecified atom stereocenters. The normalized spacial score (nSPS) is 10.6. The fourth-order valence-electron chi connectivity index (χ4n) is 1.55. The van der Waals surface area contributed by atoms with Gasteiger partial charge in [0, 0.05) is 21.1 Å². The third kappa shape index (κ3) is 2.55. The molecule has 0 saturated heterocycles. The molecule has 0 amide bonds. The molecule has 2 rings (SSSR count). The van der Waals surface area contributed by atoms with Crippen LogP contribution in [-0.4, -0.2) is 33.8 Å². The Kier molecular flexibility index (Phi) is 3.28. The Morgan fingerprint density at radius 3 is 2.71 bits per heavy atom. The van der Waals surface area contributed by atoms with Gasteiger partial charge < -0.3 is 14.8 Å². The first-order chi connectivity index (χ1) is 8.08. The van der Waals surface area contributed by atoms with E-state index in [1.807, 2.05) is 39.2 Å². The highest BCUT2D eigenvalue weighted by molar-refractivity contribution is 7.15. The summed E-state index contributed by atoms with van der Waals surface area (Å²) in [6, 6.07) is 0. The molecule has 0 fully saturated rings. The van der Waals surface area contributed by atoms with Gasteiger partial charge in [0.1, 0.15) is 5.01 Å². The lowest BCUT2D eigenvalue weighted by molar-refractivity contribution is 0.812. The summed E-state index contributed by atoms with van der Waals surface area (Å²) >= 11 is 1.55. The van der Waals surface area contributed by atoms with Crippen LogP contribution in [0.3, 0.4) is 0 Å². The summed E-state index contributed by atoms with van der Waals surface area (Å²) in [4.78, 5) is 6.33. The minimum Gasteiger partial charge on any atom is -0.354 e. The molecule has 2 aromatic rings. The number of nitrogens with one attached hydrogen (secondary N) is 1. The second kappa shape index (κ2) is 4.70. The number of nitrogens with zero attached hydrogens (tertiary/aromatic N) is 5. The molecule has 0 aliphatic rings. The van der Waals surface area contributed by atoms with Crippen molar-refractivity contribution < 1.29 is 0 Å². The standard InChI is InChI=1S/C10H16N6S/c1-7-13-14-9(17-7)11-5-8-6-12-10(15(2)3)16(8)4/h6H,5H2,1-4H3,(H,11,14). The summed E-state index contributed by atoms with van der Waals surface area (Å²) in [7, 11) is 5.96. The average Bonchev–Trinajstić information content (AvgIpc) is 2.82. The van der Waals surface area contributed by atoms with Crippen molar-refractivity contribution in [3.05, 3.63) is 16.9 Å². The van der Waals surface area contributed by atoms with E-state index >= 15 is 0 Å². The Bertz CT molecular complexity index is 501. The number of rotatable bonds is 4. The molecular formula is C10H16N6S. The lowest BCUT2D eigenvalue weighted by atomic mass is 10.4. The molecule has 0 bridgehead atoms. The zero-order chi connectivity index (χ0) is 12.4.